The van der Waals surface area contributed by atoms with E-state index in [1.165, 1.54) is 5.56 Å². The first-order chi connectivity index (χ1) is 8.72. The Bertz CT molecular complexity index is 350. The van der Waals surface area contributed by atoms with Crippen molar-refractivity contribution in [1.29, 1.82) is 0 Å². The third-order valence-corrected chi connectivity index (χ3v) is 3.33. The van der Waals surface area contributed by atoms with E-state index >= 15 is 0 Å². The maximum atomic E-state index is 5.53. The van der Waals surface area contributed by atoms with Gasteiger partial charge >= 0.3 is 0 Å². The smallest absolute Gasteiger partial charge is 0.133 e. The highest BCUT2D eigenvalue weighted by Crippen LogP contribution is 2.28. The lowest BCUT2D eigenvalue weighted by Gasteiger charge is -2.19. The topological polar surface area (TPSA) is 30.5 Å². The molecule has 1 aromatic rings. The molecule has 0 spiro atoms. The van der Waals surface area contributed by atoms with Crippen LogP contribution in [0.25, 0.3) is 0 Å². The van der Waals surface area contributed by atoms with Crippen LogP contribution >= 0.6 is 15.9 Å². The van der Waals surface area contributed by atoms with E-state index in [2.05, 4.69) is 40.3 Å². The third-order valence-electron chi connectivity index (χ3n) is 2.71. The standard InChI is InChI=1S/C14H22BrNO2/c1-4-8-16-13(10-18-5-2)11-6-7-14(17-3)12(15)9-11/h6-7,9,13,16H,4-5,8,10H2,1-3H3. The fraction of sp³-hybridized carbons (Fsp3) is 0.571. The van der Waals surface area contributed by atoms with Gasteiger partial charge in [0, 0.05) is 6.61 Å². The lowest BCUT2D eigenvalue weighted by atomic mass is 10.1. The van der Waals surface area contributed by atoms with Crippen molar-refractivity contribution in [2.75, 3.05) is 26.9 Å². The molecule has 0 aliphatic rings. The number of methoxy groups -OCH3 is 1. The van der Waals surface area contributed by atoms with E-state index in [0.717, 1.165) is 29.8 Å². The minimum Gasteiger partial charge on any atom is -0.496 e. The summed E-state index contributed by atoms with van der Waals surface area (Å²) < 4.78 is 11.8. The predicted octanol–water partition coefficient (Wildman–Crippen LogP) is 3.53. The normalized spacial score (nSPS) is 12.4. The zero-order valence-electron chi connectivity index (χ0n) is 11.3. The van der Waals surface area contributed by atoms with E-state index < -0.39 is 0 Å². The second-order valence-electron chi connectivity index (χ2n) is 4.06. The summed E-state index contributed by atoms with van der Waals surface area (Å²) in [6.07, 6.45) is 1.11. The third kappa shape index (κ3) is 4.59. The Morgan fingerprint density at radius 2 is 2.11 bits per heavy atom. The average molecular weight is 316 g/mol. The molecule has 1 rings (SSSR count). The van der Waals surface area contributed by atoms with Crippen molar-refractivity contribution in [1.82, 2.24) is 5.32 Å². The van der Waals surface area contributed by atoms with Gasteiger partial charge in [-0.05, 0) is 53.5 Å². The van der Waals surface area contributed by atoms with E-state index in [-0.39, 0.29) is 6.04 Å². The van der Waals surface area contributed by atoms with Crippen molar-refractivity contribution >= 4 is 15.9 Å². The van der Waals surface area contributed by atoms with Crippen LogP contribution in [0, 0.1) is 0 Å². The molecular weight excluding hydrogens is 294 g/mol. The first kappa shape index (κ1) is 15.5. The summed E-state index contributed by atoms with van der Waals surface area (Å²) in [4.78, 5) is 0. The SMILES string of the molecule is CCCNC(COCC)c1ccc(OC)c(Br)c1. The molecule has 0 radical (unpaired) electrons. The summed E-state index contributed by atoms with van der Waals surface area (Å²) in [6, 6.07) is 6.37. The number of rotatable bonds is 8. The molecule has 0 bridgehead atoms. The van der Waals surface area contributed by atoms with Gasteiger partial charge in [-0.1, -0.05) is 13.0 Å². The highest BCUT2D eigenvalue weighted by atomic mass is 79.9. The van der Waals surface area contributed by atoms with Gasteiger partial charge in [0.25, 0.3) is 0 Å². The van der Waals surface area contributed by atoms with Crippen molar-refractivity contribution in [3.63, 3.8) is 0 Å². The maximum Gasteiger partial charge on any atom is 0.133 e. The van der Waals surface area contributed by atoms with Crippen LogP contribution in [0.5, 0.6) is 5.75 Å². The Hall–Kier alpha value is -0.580. The molecule has 0 aromatic heterocycles. The number of hydrogen-bond donors (Lipinski definition) is 1. The average Bonchev–Trinajstić information content (AvgIpc) is 2.39. The van der Waals surface area contributed by atoms with Crippen molar-refractivity contribution in [2.24, 2.45) is 0 Å². The summed E-state index contributed by atoms with van der Waals surface area (Å²) in [5.41, 5.74) is 1.21. The first-order valence-electron chi connectivity index (χ1n) is 6.37. The van der Waals surface area contributed by atoms with Crippen LogP contribution < -0.4 is 10.1 Å². The number of halogens is 1. The molecule has 0 saturated heterocycles. The number of hydrogen-bond acceptors (Lipinski definition) is 3. The second kappa shape index (κ2) is 8.51. The van der Waals surface area contributed by atoms with Gasteiger partial charge in [-0.15, -0.1) is 0 Å². The molecule has 102 valence electrons. The molecule has 1 atom stereocenters. The molecule has 0 fully saturated rings. The predicted molar refractivity (Wildman–Crippen MR) is 78.2 cm³/mol. The molecule has 0 aliphatic carbocycles. The quantitative estimate of drug-likeness (QED) is 0.796. The summed E-state index contributed by atoms with van der Waals surface area (Å²) >= 11 is 3.52. The Kier molecular flexibility index (Phi) is 7.32. The summed E-state index contributed by atoms with van der Waals surface area (Å²) in [7, 11) is 1.67. The Labute approximate surface area is 118 Å². The van der Waals surface area contributed by atoms with E-state index in [4.69, 9.17) is 9.47 Å². The molecule has 0 saturated carbocycles. The lowest BCUT2D eigenvalue weighted by molar-refractivity contribution is 0.123. The van der Waals surface area contributed by atoms with Gasteiger partial charge in [-0.25, -0.2) is 0 Å². The highest BCUT2D eigenvalue weighted by Gasteiger charge is 2.12. The minimum absolute atomic E-state index is 0.229. The minimum atomic E-state index is 0.229. The van der Waals surface area contributed by atoms with Gasteiger partial charge in [0.15, 0.2) is 0 Å². The molecule has 4 heteroatoms. The molecule has 0 heterocycles. The van der Waals surface area contributed by atoms with Gasteiger partial charge < -0.3 is 14.8 Å². The van der Waals surface area contributed by atoms with E-state index in [0.29, 0.717) is 6.61 Å². The van der Waals surface area contributed by atoms with Crippen LogP contribution in [0.15, 0.2) is 22.7 Å². The number of ether oxygens (including phenoxy) is 2. The van der Waals surface area contributed by atoms with Crippen LogP contribution in [0.1, 0.15) is 31.9 Å². The molecule has 0 aliphatic heterocycles. The van der Waals surface area contributed by atoms with Gasteiger partial charge in [0.05, 0.1) is 24.2 Å². The van der Waals surface area contributed by atoms with Crippen LogP contribution in [0.4, 0.5) is 0 Å². The van der Waals surface area contributed by atoms with E-state index in [1.807, 2.05) is 13.0 Å². The second-order valence-corrected chi connectivity index (χ2v) is 4.91. The summed E-state index contributed by atoms with van der Waals surface area (Å²) in [6.45, 7) is 6.59. The van der Waals surface area contributed by atoms with Crippen LogP contribution in [0.3, 0.4) is 0 Å². The van der Waals surface area contributed by atoms with E-state index in [1.54, 1.807) is 7.11 Å². The fourth-order valence-corrected chi connectivity index (χ4v) is 2.29. The molecule has 1 aromatic carbocycles. The summed E-state index contributed by atoms with van der Waals surface area (Å²) in [5.74, 6) is 0.851. The lowest BCUT2D eigenvalue weighted by Crippen LogP contribution is -2.26. The maximum absolute atomic E-state index is 5.53. The number of benzene rings is 1. The molecule has 3 nitrogen and oxygen atoms in total. The van der Waals surface area contributed by atoms with Crippen molar-refractivity contribution in [3.8, 4) is 5.75 Å². The monoisotopic (exact) mass is 315 g/mol. The largest absolute Gasteiger partial charge is 0.496 e. The molecule has 0 amide bonds. The van der Waals surface area contributed by atoms with Crippen LogP contribution in [-0.4, -0.2) is 26.9 Å². The van der Waals surface area contributed by atoms with Gasteiger partial charge in [-0.3, -0.25) is 0 Å². The van der Waals surface area contributed by atoms with Crippen LogP contribution in [-0.2, 0) is 4.74 Å². The zero-order chi connectivity index (χ0) is 13.4. The molecule has 1 N–H and O–H groups in total. The summed E-state index contributed by atoms with van der Waals surface area (Å²) in [5, 5.41) is 3.50. The van der Waals surface area contributed by atoms with Gasteiger partial charge in [0.1, 0.15) is 5.75 Å². The fourth-order valence-electron chi connectivity index (χ4n) is 1.73. The van der Waals surface area contributed by atoms with Gasteiger partial charge in [-0.2, -0.15) is 0 Å². The Balaban J connectivity index is 2.79. The Morgan fingerprint density at radius 1 is 1.33 bits per heavy atom. The molecule has 18 heavy (non-hydrogen) atoms. The van der Waals surface area contributed by atoms with Crippen LogP contribution in [0.2, 0.25) is 0 Å². The van der Waals surface area contributed by atoms with Gasteiger partial charge in [0.2, 0.25) is 0 Å². The van der Waals surface area contributed by atoms with Crippen molar-refractivity contribution in [2.45, 2.75) is 26.3 Å². The van der Waals surface area contributed by atoms with E-state index in [9.17, 15) is 0 Å². The van der Waals surface area contributed by atoms with Crippen molar-refractivity contribution in [3.05, 3.63) is 28.2 Å². The highest BCUT2D eigenvalue weighted by molar-refractivity contribution is 9.10. The Morgan fingerprint density at radius 3 is 2.67 bits per heavy atom. The number of nitrogens with one attached hydrogen (secondary N) is 1. The van der Waals surface area contributed by atoms with Crippen molar-refractivity contribution < 1.29 is 9.47 Å². The first-order valence-corrected chi connectivity index (χ1v) is 7.16. The molecular formula is C14H22BrNO2. The molecule has 1 unspecified atom stereocenters. The zero-order valence-corrected chi connectivity index (χ0v) is 12.9.